The summed E-state index contributed by atoms with van der Waals surface area (Å²) in [5.41, 5.74) is 3.74. The lowest BCUT2D eigenvalue weighted by Crippen LogP contribution is -2.52. The highest BCUT2D eigenvalue weighted by Crippen LogP contribution is 2.20. The Hall–Kier alpha value is -1.59. The van der Waals surface area contributed by atoms with Gasteiger partial charge in [0, 0.05) is 12.6 Å². The minimum atomic E-state index is -0.471. The van der Waals surface area contributed by atoms with Crippen molar-refractivity contribution in [2.24, 2.45) is 0 Å². The summed E-state index contributed by atoms with van der Waals surface area (Å²) in [6.07, 6.45) is 1.67. The van der Waals surface area contributed by atoms with Gasteiger partial charge in [-0.3, -0.25) is 4.84 Å². The maximum atomic E-state index is 12.3. The van der Waals surface area contributed by atoms with E-state index in [1.807, 2.05) is 51.1 Å². The molecule has 2 atom stereocenters. The zero-order chi connectivity index (χ0) is 16.9. The zero-order valence-corrected chi connectivity index (χ0v) is 14.5. The molecule has 0 radical (unpaired) electrons. The first-order valence-corrected chi connectivity index (χ1v) is 8.26. The predicted molar refractivity (Wildman–Crippen MR) is 89.8 cm³/mol. The van der Waals surface area contributed by atoms with Gasteiger partial charge >= 0.3 is 6.09 Å². The number of hydrogen-bond donors (Lipinski definition) is 1. The molecule has 1 aliphatic rings. The normalized spacial score (nSPS) is 22.0. The molecular weight excluding hydrogens is 292 g/mol. The summed E-state index contributed by atoms with van der Waals surface area (Å²) >= 11 is 0. The predicted octanol–water partition coefficient (Wildman–Crippen LogP) is 3.50. The van der Waals surface area contributed by atoms with Gasteiger partial charge in [-0.05, 0) is 46.1 Å². The SMILES string of the molecule is C[C@@H]1CC[C@@H](NOCc2ccccc2)CN1C(=O)OC(C)(C)C. The first-order valence-electron chi connectivity index (χ1n) is 8.26. The monoisotopic (exact) mass is 320 g/mol. The van der Waals surface area contributed by atoms with E-state index in [2.05, 4.69) is 12.4 Å². The fourth-order valence-corrected chi connectivity index (χ4v) is 2.60. The number of ether oxygens (including phenoxy) is 1. The second kappa shape index (κ2) is 7.79. The first kappa shape index (κ1) is 17.8. The molecule has 0 aromatic heterocycles. The van der Waals surface area contributed by atoms with Gasteiger partial charge in [-0.2, -0.15) is 5.48 Å². The molecule has 0 unspecified atom stereocenters. The van der Waals surface area contributed by atoms with Crippen molar-refractivity contribution in [2.45, 2.75) is 64.8 Å². The Labute approximate surface area is 138 Å². The van der Waals surface area contributed by atoms with E-state index in [4.69, 9.17) is 9.57 Å². The molecule has 128 valence electrons. The smallest absolute Gasteiger partial charge is 0.410 e. The summed E-state index contributed by atoms with van der Waals surface area (Å²) in [6.45, 7) is 8.84. The number of carbonyl (C=O) groups is 1. The number of hydrogen-bond acceptors (Lipinski definition) is 4. The molecule has 5 nitrogen and oxygen atoms in total. The topological polar surface area (TPSA) is 50.8 Å². The molecule has 1 aromatic rings. The van der Waals surface area contributed by atoms with Crippen LogP contribution in [-0.4, -0.2) is 35.2 Å². The summed E-state index contributed by atoms with van der Waals surface area (Å²) in [7, 11) is 0. The van der Waals surface area contributed by atoms with Crippen molar-refractivity contribution in [3.63, 3.8) is 0 Å². The highest BCUT2D eigenvalue weighted by Gasteiger charge is 2.32. The summed E-state index contributed by atoms with van der Waals surface area (Å²) in [5, 5.41) is 0. The molecule has 0 spiro atoms. The third kappa shape index (κ3) is 5.84. The Kier molecular flexibility index (Phi) is 6.02. The molecule has 1 amide bonds. The van der Waals surface area contributed by atoms with Gasteiger partial charge in [-0.25, -0.2) is 4.79 Å². The van der Waals surface area contributed by atoms with E-state index in [0.717, 1.165) is 18.4 Å². The van der Waals surface area contributed by atoms with Crippen LogP contribution in [0.2, 0.25) is 0 Å². The third-order valence-electron chi connectivity index (χ3n) is 3.84. The van der Waals surface area contributed by atoms with Crippen LogP contribution in [0.3, 0.4) is 0 Å². The Morgan fingerprint density at radius 1 is 1.26 bits per heavy atom. The van der Waals surface area contributed by atoms with Gasteiger partial charge < -0.3 is 9.64 Å². The number of hydroxylamine groups is 1. The molecule has 1 aliphatic heterocycles. The molecule has 1 N–H and O–H groups in total. The summed E-state index contributed by atoms with van der Waals surface area (Å²) in [6, 6.07) is 10.3. The number of nitrogens with zero attached hydrogens (tertiary/aromatic N) is 1. The molecule has 1 heterocycles. The van der Waals surface area contributed by atoms with Crippen molar-refractivity contribution in [2.75, 3.05) is 6.54 Å². The minimum Gasteiger partial charge on any atom is -0.444 e. The number of amides is 1. The number of nitrogens with one attached hydrogen (secondary N) is 1. The average Bonchev–Trinajstić information content (AvgIpc) is 2.48. The molecule has 0 saturated carbocycles. The quantitative estimate of drug-likeness (QED) is 0.863. The Bertz CT molecular complexity index is 499. The van der Waals surface area contributed by atoms with E-state index in [1.165, 1.54) is 0 Å². The standard InChI is InChI=1S/C18H28N2O3/c1-14-10-11-16(12-20(14)17(21)23-18(2,3)4)19-22-13-15-8-6-5-7-9-15/h5-9,14,16,19H,10-13H2,1-4H3/t14-,16-/m1/s1. The lowest BCUT2D eigenvalue weighted by atomic mass is 10.0. The molecular formula is C18H28N2O3. The van der Waals surface area contributed by atoms with E-state index in [-0.39, 0.29) is 18.2 Å². The van der Waals surface area contributed by atoms with Gasteiger partial charge in [0.15, 0.2) is 0 Å². The lowest BCUT2D eigenvalue weighted by molar-refractivity contribution is -0.0312. The maximum absolute atomic E-state index is 12.3. The molecule has 23 heavy (non-hydrogen) atoms. The second-order valence-corrected chi connectivity index (χ2v) is 7.15. The third-order valence-corrected chi connectivity index (χ3v) is 3.84. The van der Waals surface area contributed by atoms with Gasteiger partial charge in [0.1, 0.15) is 5.60 Å². The van der Waals surface area contributed by atoms with E-state index in [0.29, 0.717) is 13.2 Å². The van der Waals surface area contributed by atoms with Crippen molar-refractivity contribution in [1.29, 1.82) is 0 Å². The maximum Gasteiger partial charge on any atom is 0.410 e. The van der Waals surface area contributed by atoms with Crippen molar-refractivity contribution in [1.82, 2.24) is 10.4 Å². The van der Waals surface area contributed by atoms with Gasteiger partial charge in [-0.1, -0.05) is 30.3 Å². The highest BCUT2D eigenvalue weighted by atomic mass is 16.6. The van der Waals surface area contributed by atoms with E-state index < -0.39 is 5.60 Å². The molecule has 1 saturated heterocycles. The lowest BCUT2D eigenvalue weighted by Gasteiger charge is -2.38. The van der Waals surface area contributed by atoms with Crippen molar-refractivity contribution < 1.29 is 14.4 Å². The van der Waals surface area contributed by atoms with Crippen molar-refractivity contribution >= 4 is 6.09 Å². The summed E-state index contributed by atoms with van der Waals surface area (Å²) in [5.74, 6) is 0. The minimum absolute atomic E-state index is 0.127. The fourth-order valence-electron chi connectivity index (χ4n) is 2.60. The number of benzene rings is 1. The van der Waals surface area contributed by atoms with Crippen molar-refractivity contribution in [3.8, 4) is 0 Å². The average molecular weight is 320 g/mol. The highest BCUT2D eigenvalue weighted by molar-refractivity contribution is 5.68. The molecule has 2 rings (SSSR count). The second-order valence-electron chi connectivity index (χ2n) is 7.15. The van der Waals surface area contributed by atoms with Gasteiger partial charge in [-0.15, -0.1) is 0 Å². The van der Waals surface area contributed by atoms with E-state index in [1.54, 1.807) is 4.90 Å². The van der Waals surface area contributed by atoms with Crippen LogP contribution in [0.5, 0.6) is 0 Å². The largest absolute Gasteiger partial charge is 0.444 e. The number of rotatable bonds is 4. The Morgan fingerprint density at radius 2 is 1.96 bits per heavy atom. The van der Waals surface area contributed by atoms with Crippen LogP contribution in [0.4, 0.5) is 4.79 Å². The van der Waals surface area contributed by atoms with Crippen LogP contribution in [0, 0.1) is 0 Å². The summed E-state index contributed by atoms with van der Waals surface area (Å²) < 4.78 is 5.49. The van der Waals surface area contributed by atoms with Crippen LogP contribution >= 0.6 is 0 Å². The molecule has 1 fully saturated rings. The van der Waals surface area contributed by atoms with Crippen LogP contribution in [0.1, 0.15) is 46.1 Å². The summed E-state index contributed by atoms with van der Waals surface area (Å²) in [4.78, 5) is 19.7. The van der Waals surface area contributed by atoms with Crippen LogP contribution in [-0.2, 0) is 16.2 Å². The molecule has 0 aliphatic carbocycles. The fraction of sp³-hybridized carbons (Fsp3) is 0.611. The Morgan fingerprint density at radius 3 is 2.61 bits per heavy atom. The molecule has 5 heteroatoms. The number of likely N-dealkylation sites (tertiary alicyclic amines) is 1. The van der Waals surface area contributed by atoms with Gasteiger partial charge in [0.2, 0.25) is 0 Å². The van der Waals surface area contributed by atoms with E-state index in [9.17, 15) is 4.79 Å². The van der Waals surface area contributed by atoms with Gasteiger partial charge in [0.25, 0.3) is 0 Å². The molecule has 0 bridgehead atoms. The van der Waals surface area contributed by atoms with Crippen molar-refractivity contribution in [3.05, 3.63) is 35.9 Å². The van der Waals surface area contributed by atoms with Gasteiger partial charge in [0.05, 0.1) is 12.6 Å². The molecule has 1 aromatic carbocycles. The number of piperidine rings is 1. The zero-order valence-electron chi connectivity index (χ0n) is 14.5. The van der Waals surface area contributed by atoms with Crippen LogP contribution in [0.15, 0.2) is 30.3 Å². The Balaban J connectivity index is 1.81. The van der Waals surface area contributed by atoms with E-state index >= 15 is 0 Å². The van der Waals surface area contributed by atoms with Crippen LogP contribution in [0.25, 0.3) is 0 Å². The first-order chi connectivity index (χ1) is 10.8. The van der Waals surface area contributed by atoms with Crippen LogP contribution < -0.4 is 5.48 Å². The number of carbonyl (C=O) groups excluding carboxylic acids is 1.